The smallest absolute Gasteiger partial charge is 0.120 e. The third-order valence-corrected chi connectivity index (χ3v) is 7.01. The monoisotopic (exact) mass is 426 g/mol. The Morgan fingerprint density at radius 3 is 2.79 bits per heavy atom. The largest absolute Gasteiger partial charge is 0.497 e. The van der Waals surface area contributed by atoms with Crippen LogP contribution in [0.2, 0.25) is 10.0 Å². The van der Waals surface area contributed by atoms with E-state index in [0.29, 0.717) is 11.1 Å². The van der Waals surface area contributed by atoms with Crippen LogP contribution in [0.25, 0.3) is 0 Å². The van der Waals surface area contributed by atoms with Crippen molar-refractivity contribution >= 4 is 28.9 Å². The number of halogens is 2. The lowest BCUT2D eigenvalue weighted by Gasteiger charge is -2.37. The summed E-state index contributed by atoms with van der Waals surface area (Å²) in [6, 6.07) is 12.8. The van der Waals surface area contributed by atoms with Gasteiger partial charge in [-0.15, -0.1) is 0 Å². The van der Waals surface area contributed by atoms with Crippen LogP contribution in [-0.4, -0.2) is 36.9 Å². The van der Waals surface area contributed by atoms with Crippen LogP contribution in [0.3, 0.4) is 0 Å². The lowest BCUT2D eigenvalue weighted by molar-refractivity contribution is 0.187. The van der Waals surface area contributed by atoms with Gasteiger partial charge in [-0.2, -0.15) is 0 Å². The van der Waals surface area contributed by atoms with Gasteiger partial charge in [0.1, 0.15) is 5.75 Å². The number of hydrogen-bond donors (Lipinski definition) is 0. The molecule has 1 unspecified atom stereocenters. The maximum absolute atomic E-state index is 6.50. The molecule has 1 atom stereocenters. The van der Waals surface area contributed by atoms with Crippen LogP contribution in [0.1, 0.15) is 36.0 Å². The molecule has 0 N–H and O–H groups in total. The van der Waals surface area contributed by atoms with Gasteiger partial charge in [-0.1, -0.05) is 29.3 Å². The summed E-state index contributed by atoms with van der Waals surface area (Å²) in [6.07, 6.45) is 5.37. The second-order valence-corrected chi connectivity index (χ2v) is 9.01. The van der Waals surface area contributed by atoms with Gasteiger partial charge < -0.3 is 4.74 Å². The SMILES string of the molecule is COc1ccc(C2=NC3=C(C2)CN(C2CCc4ccc(Cl)cc4C2)CC3)c(Cl)c1. The highest BCUT2D eigenvalue weighted by Crippen LogP contribution is 2.35. The summed E-state index contributed by atoms with van der Waals surface area (Å²) in [4.78, 5) is 7.60. The van der Waals surface area contributed by atoms with Gasteiger partial charge in [-0.25, -0.2) is 0 Å². The summed E-state index contributed by atoms with van der Waals surface area (Å²) in [6.45, 7) is 2.09. The van der Waals surface area contributed by atoms with E-state index in [1.165, 1.54) is 28.8 Å². The molecular formula is C24H24Cl2N2O. The van der Waals surface area contributed by atoms with E-state index in [2.05, 4.69) is 17.0 Å². The van der Waals surface area contributed by atoms with E-state index in [9.17, 15) is 0 Å². The number of rotatable bonds is 3. The molecule has 0 bridgehead atoms. The van der Waals surface area contributed by atoms with Gasteiger partial charge in [0.25, 0.3) is 0 Å². The number of fused-ring (bicyclic) bond motifs is 1. The number of hydrogen-bond acceptors (Lipinski definition) is 3. The van der Waals surface area contributed by atoms with Crippen molar-refractivity contribution in [2.24, 2.45) is 4.99 Å². The zero-order chi connectivity index (χ0) is 20.0. The standard InChI is InChI=1S/C24H24Cl2N2O/c1-29-20-6-7-21(22(26)13-20)24-12-17-14-28(9-8-23(17)27-24)19-5-3-15-2-4-18(25)10-16(15)11-19/h2,4,6-7,10,13,19H,3,5,8-9,11-12,14H2,1H3. The number of benzene rings is 2. The van der Waals surface area contributed by atoms with Gasteiger partial charge >= 0.3 is 0 Å². The quantitative estimate of drug-likeness (QED) is 0.627. The van der Waals surface area contributed by atoms with Gasteiger partial charge in [-0.05, 0) is 66.3 Å². The molecular weight excluding hydrogens is 403 g/mol. The van der Waals surface area contributed by atoms with E-state index >= 15 is 0 Å². The van der Waals surface area contributed by atoms with Crippen molar-refractivity contribution in [2.75, 3.05) is 20.2 Å². The lowest BCUT2D eigenvalue weighted by Crippen LogP contribution is -2.43. The fourth-order valence-electron chi connectivity index (χ4n) is 4.88. The first-order chi connectivity index (χ1) is 14.1. The molecule has 0 radical (unpaired) electrons. The number of methoxy groups -OCH3 is 1. The van der Waals surface area contributed by atoms with Crippen LogP contribution in [0, 0.1) is 0 Å². The molecule has 3 nitrogen and oxygen atoms in total. The molecule has 0 saturated heterocycles. The Kier molecular flexibility index (Phi) is 5.15. The molecule has 3 aliphatic rings. The lowest BCUT2D eigenvalue weighted by atomic mass is 9.86. The van der Waals surface area contributed by atoms with Crippen LogP contribution in [0.5, 0.6) is 5.75 Å². The fourth-order valence-corrected chi connectivity index (χ4v) is 5.36. The van der Waals surface area contributed by atoms with Crippen LogP contribution >= 0.6 is 23.2 Å². The topological polar surface area (TPSA) is 24.8 Å². The van der Waals surface area contributed by atoms with Crippen molar-refractivity contribution in [3.8, 4) is 5.75 Å². The van der Waals surface area contributed by atoms with Crippen molar-refractivity contribution < 1.29 is 4.74 Å². The van der Waals surface area contributed by atoms with Crippen LogP contribution < -0.4 is 4.74 Å². The minimum Gasteiger partial charge on any atom is -0.497 e. The summed E-state index contributed by atoms with van der Waals surface area (Å²) >= 11 is 12.7. The first kappa shape index (κ1) is 19.2. The van der Waals surface area contributed by atoms with Gasteiger partial charge in [0.15, 0.2) is 0 Å². The van der Waals surface area contributed by atoms with E-state index in [1.54, 1.807) is 7.11 Å². The number of ether oxygens (including phenoxy) is 1. The zero-order valence-corrected chi connectivity index (χ0v) is 18.1. The van der Waals surface area contributed by atoms with Crippen LogP contribution in [0.15, 0.2) is 52.7 Å². The Labute approximate surface area is 182 Å². The van der Waals surface area contributed by atoms with Crippen molar-refractivity contribution in [2.45, 2.75) is 38.1 Å². The Hall–Kier alpha value is -1.81. The Morgan fingerprint density at radius 1 is 1.07 bits per heavy atom. The van der Waals surface area contributed by atoms with Gasteiger partial charge in [0.05, 0.1) is 17.8 Å². The van der Waals surface area contributed by atoms with Gasteiger partial charge in [0.2, 0.25) is 0 Å². The van der Waals surface area contributed by atoms with Crippen LogP contribution in [-0.2, 0) is 12.8 Å². The summed E-state index contributed by atoms with van der Waals surface area (Å²) in [7, 11) is 1.66. The van der Waals surface area contributed by atoms with Crippen molar-refractivity contribution in [1.82, 2.24) is 4.90 Å². The van der Waals surface area contributed by atoms with Crippen LogP contribution in [0.4, 0.5) is 0 Å². The van der Waals surface area contributed by atoms with Gasteiger partial charge in [-0.3, -0.25) is 9.89 Å². The molecule has 1 aliphatic carbocycles. The van der Waals surface area contributed by atoms with Crippen molar-refractivity contribution in [1.29, 1.82) is 0 Å². The molecule has 2 aliphatic heterocycles. The minimum absolute atomic E-state index is 0.587. The molecule has 5 heteroatoms. The molecule has 150 valence electrons. The molecule has 2 aromatic rings. The summed E-state index contributed by atoms with van der Waals surface area (Å²) in [5.41, 5.74) is 7.71. The molecule has 0 spiro atoms. The summed E-state index contributed by atoms with van der Waals surface area (Å²) in [5, 5.41) is 1.55. The first-order valence-electron chi connectivity index (χ1n) is 10.2. The first-order valence-corrected chi connectivity index (χ1v) is 11.0. The second-order valence-electron chi connectivity index (χ2n) is 8.16. The Balaban J connectivity index is 1.29. The summed E-state index contributed by atoms with van der Waals surface area (Å²) in [5.74, 6) is 0.777. The zero-order valence-electron chi connectivity index (χ0n) is 16.5. The third-order valence-electron chi connectivity index (χ3n) is 6.46. The molecule has 2 heterocycles. The second kappa shape index (κ2) is 7.79. The highest BCUT2D eigenvalue weighted by Gasteiger charge is 2.31. The average molecular weight is 427 g/mol. The Morgan fingerprint density at radius 2 is 1.97 bits per heavy atom. The highest BCUT2D eigenvalue weighted by atomic mass is 35.5. The van der Waals surface area contributed by atoms with Crippen molar-refractivity contribution in [3.63, 3.8) is 0 Å². The fraction of sp³-hybridized carbons (Fsp3) is 0.375. The highest BCUT2D eigenvalue weighted by molar-refractivity contribution is 6.34. The minimum atomic E-state index is 0.587. The number of nitrogens with zero attached hydrogens (tertiary/aromatic N) is 2. The Bertz CT molecular complexity index is 1030. The maximum atomic E-state index is 6.50. The molecule has 0 aromatic heterocycles. The number of aliphatic imine (C=N–C) groups is 1. The summed E-state index contributed by atoms with van der Waals surface area (Å²) < 4.78 is 5.27. The molecule has 2 aromatic carbocycles. The predicted octanol–water partition coefficient (Wildman–Crippen LogP) is 5.71. The van der Waals surface area contributed by atoms with E-state index < -0.39 is 0 Å². The normalized spacial score (nSPS) is 21.6. The van der Waals surface area contributed by atoms with Gasteiger partial charge in [0, 0.05) is 48.3 Å². The molecule has 0 amide bonds. The number of aryl methyl sites for hydroxylation is 1. The van der Waals surface area contributed by atoms with E-state index in [-0.39, 0.29) is 0 Å². The van der Waals surface area contributed by atoms with Crippen molar-refractivity contribution in [3.05, 3.63) is 74.4 Å². The maximum Gasteiger partial charge on any atom is 0.120 e. The van der Waals surface area contributed by atoms with E-state index in [0.717, 1.165) is 60.8 Å². The molecule has 29 heavy (non-hydrogen) atoms. The van der Waals surface area contributed by atoms with E-state index in [4.69, 9.17) is 32.9 Å². The molecule has 0 saturated carbocycles. The van der Waals surface area contributed by atoms with E-state index in [1.807, 2.05) is 24.3 Å². The average Bonchev–Trinajstić information content (AvgIpc) is 3.16. The third kappa shape index (κ3) is 3.72. The molecule has 0 fully saturated rings. The molecule has 5 rings (SSSR count). The predicted molar refractivity (Wildman–Crippen MR) is 120 cm³/mol.